The Morgan fingerprint density at radius 3 is 2.25 bits per heavy atom. The molecular formula is C18H19F3N2O. The van der Waals surface area contributed by atoms with Gasteiger partial charge < -0.3 is 4.74 Å². The molecular weight excluding hydrogens is 317 g/mol. The van der Waals surface area contributed by atoms with E-state index in [4.69, 9.17) is 4.74 Å². The molecule has 128 valence electrons. The van der Waals surface area contributed by atoms with Crippen molar-refractivity contribution < 1.29 is 17.9 Å². The van der Waals surface area contributed by atoms with E-state index in [1.165, 1.54) is 11.6 Å². The molecule has 0 unspecified atom stereocenters. The van der Waals surface area contributed by atoms with Crippen LogP contribution in [0.5, 0.6) is 0 Å². The third-order valence-electron chi connectivity index (χ3n) is 4.37. The minimum Gasteiger partial charge on any atom is -0.379 e. The fourth-order valence-corrected chi connectivity index (χ4v) is 2.84. The van der Waals surface area contributed by atoms with Gasteiger partial charge in [0.15, 0.2) is 0 Å². The summed E-state index contributed by atoms with van der Waals surface area (Å²) in [6, 6.07) is 10.6. The third kappa shape index (κ3) is 3.76. The lowest BCUT2D eigenvalue weighted by Gasteiger charge is -2.32. The van der Waals surface area contributed by atoms with Gasteiger partial charge in [0.2, 0.25) is 0 Å². The first kappa shape index (κ1) is 16.9. The first-order valence-electron chi connectivity index (χ1n) is 7.90. The molecule has 0 amide bonds. The highest BCUT2D eigenvalue weighted by molar-refractivity contribution is 5.59. The molecule has 1 saturated heterocycles. The summed E-state index contributed by atoms with van der Waals surface area (Å²) in [6.07, 6.45) is -3.48. The maximum Gasteiger partial charge on any atom is 0.417 e. The van der Waals surface area contributed by atoms with E-state index < -0.39 is 11.7 Å². The summed E-state index contributed by atoms with van der Waals surface area (Å²) in [5.74, 6) is 0. The minimum atomic E-state index is -4.36. The van der Waals surface area contributed by atoms with Gasteiger partial charge >= 0.3 is 6.18 Å². The SMILES string of the molecule is C[C@H](c1ccc(-c2ccc(C(F)(F)F)cn2)cc1)N1CCOCC1. The predicted octanol–water partition coefficient (Wildman–Crippen LogP) is 4.16. The zero-order valence-corrected chi connectivity index (χ0v) is 13.4. The Bertz CT molecular complexity index is 662. The molecule has 2 aromatic rings. The van der Waals surface area contributed by atoms with Gasteiger partial charge in [0.05, 0.1) is 24.5 Å². The second-order valence-corrected chi connectivity index (χ2v) is 5.88. The van der Waals surface area contributed by atoms with Gasteiger partial charge in [-0.3, -0.25) is 9.88 Å². The molecule has 1 aromatic carbocycles. The van der Waals surface area contributed by atoms with Gasteiger partial charge in [-0.2, -0.15) is 13.2 Å². The lowest BCUT2D eigenvalue weighted by molar-refractivity contribution is -0.137. The summed E-state index contributed by atoms with van der Waals surface area (Å²) in [4.78, 5) is 6.29. The van der Waals surface area contributed by atoms with E-state index in [0.29, 0.717) is 5.69 Å². The number of hydrogen-bond acceptors (Lipinski definition) is 3. The molecule has 1 fully saturated rings. The van der Waals surface area contributed by atoms with E-state index in [-0.39, 0.29) is 6.04 Å². The van der Waals surface area contributed by atoms with Gasteiger partial charge in [-0.1, -0.05) is 24.3 Å². The number of alkyl halides is 3. The Kier molecular flexibility index (Phi) is 4.87. The van der Waals surface area contributed by atoms with Crippen LogP contribution < -0.4 is 0 Å². The second kappa shape index (κ2) is 6.91. The number of hydrogen-bond donors (Lipinski definition) is 0. The zero-order chi connectivity index (χ0) is 17.2. The largest absolute Gasteiger partial charge is 0.417 e. The van der Waals surface area contributed by atoms with Crippen molar-refractivity contribution in [1.29, 1.82) is 0 Å². The highest BCUT2D eigenvalue weighted by Crippen LogP contribution is 2.30. The van der Waals surface area contributed by atoms with Gasteiger partial charge in [-0.25, -0.2) is 0 Å². The van der Waals surface area contributed by atoms with E-state index in [0.717, 1.165) is 44.1 Å². The van der Waals surface area contributed by atoms with Gasteiger partial charge in [0.1, 0.15) is 0 Å². The summed E-state index contributed by atoms with van der Waals surface area (Å²) in [5, 5.41) is 0. The normalized spacial score (nSPS) is 17.7. The number of aromatic nitrogens is 1. The fraction of sp³-hybridized carbons (Fsp3) is 0.389. The van der Waals surface area contributed by atoms with E-state index in [2.05, 4.69) is 16.8 Å². The van der Waals surface area contributed by atoms with Crippen LogP contribution in [0, 0.1) is 0 Å². The molecule has 3 nitrogen and oxygen atoms in total. The summed E-state index contributed by atoms with van der Waals surface area (Å²) in [5.41, 5.74) is 1.78. The average molecular weight is 336 g/mol. The molecule has 0 radical (unpaired) electrons. The van der Waals surface area contributed by atoms with Crippen molar-refractivity contribution in [2.75, 3.05) is 26.3 Å². The average Bonchev–Trinajstić information content (AvgIpc) is 2.61. The maximum atomic E-state index is 12.6. The third-order valence-corrected chi connectivity index (χ3v) is 4.37. The Hall–Kier alpha value is -1.92. The molecule has 1 atom stereocenters. The lowest BCUT2D eigenvalue weighted by Crippen LogP contribution is -2.37. The highest BCUT2D eigenvalue weighted by Gasteiger charge is 2.30. The first-order chi connectivity index (χ1) is 11.4. The van der Waals surface area contributed by atoms with Crippen LogP contribution in [-0.4, -0.2) is 36.2 Å². The molecule has 1 aliphatic heterocycles. The highest BCUT2D eigenvalue weighted by atomic mass is 19.4. The predicted molar refractivity (Wildman–Crippen MR) is 85.5 cm³/mol. The summed E-state index contributed by atoms with van der Waals surface area (Å²) >= 11 is 0. The Balaban J connectivity index is 1.74. The monoisotopic (exact) mass is 336 g/mol. The molecule has 2 heterocycles. The van der Waals surface area contributed by atoms with Gasteiger partial charge in [-0.05, 0) is 24.6 Å². The molecule has 6 heteroatoms. The van der Waals surface area contributed by atoms with Crippen molar-refractivity contribution in [3.8, 4) is 11.3 Å². The van der Waals surface area contributed by atoms with Crippen LogP contribution in [0.25, 0.3) is 11.3 Å². The Labute approximate surface area is 139 Å². The Morgan fingerprint density at radius 2 is 1.71 bits per heavy atom. The molecule has 0 bridgehead atoms. The number of halogens is 3. The molecule has 1 aliphatic rings. The van der Waals surface area contributed by atoms with E-state index >= 15 is 0 Å². The zero-order valence-electron chi connectivity index (χ0n) is 13.4. The van der Waals surface area contributed by atoms with Crippen LogP contribution in [-0.2, 0) is 10.9 Å². The van der Waals surface area contributed by atoms with Crippen molar-refractivity contribution in [3.05, 3.63) is 53.7 Å². The van der Waals surface area contributed by atoms with E-state index in [1.54, 1.807) is 0 Å². The molecule has 0 saturated carbocycles. The molecule has 0 spiro atoms. The van der Waals surface area contributed by atoms with Crippen molar-refractivity contribution >= 4 is 0 Å². The van der Waals surface area contributed by atoms with Crippen molar-refractivity contribution in [1.82, 2.24) is 9.88 Å². The molecule has 1 aromatic heterocycles. The number of morpholine rings is 1. The van der Waals surface area contributed by atoms with Crippen molar-refractivity contribution in [3.63, 3.8) is 0 Å². The van der Waals surface area contributed by atoms with Crippen LogP contribution in [0.15, 0.2) is 42.6 Å². The summed E-state index contributed by atoms with van der Waals surface area (Å²) in [7, 11) is 0. The number of nitrogens with zero attached hydrogens (tertiary/aromatic N) is 2. The van der Waals surface area contributed by atoms with Crippen LogP contribution in [0.3, 0.4) is 0 Å². The molecule has 0 N–H and O–H groups in total. The van der Waals surface area contributed by atoms with E-state index in [9.17, 15) is 13.2 Å². The van der Waals surface area contributed by atoms with Crippen LogP contribution in [0.2, 0.25) is 0 Å². The fourth-order valence-electron chi connectivity index (χ4n) is 2.84. The molecule has 3 rings (SSSR count). The van der Waals surface area contributed by atoms with Gasteiger partial charge in [-0.15, -0.1) is 0 Å². The lowest BCUT2D eigenvalue weighted by atomic mass is 10.0. The minimum absolute atomic E-state index is 0.281. The molecule has 0 aliphatic carbocycles. The number of ether oxygens (including phenoxy) is 1. The smallest absolute Gasteiger partial charge is 0.379 e. The summed E-state index contributed by atoms with van der Waals surface area (Å²) in [6.45, 7) is 5.46. The second-order valence-electron chi connectivity index (χ2n) is 5.88. The van der Waals surface area contributed by atoms with Crippen LogP contribution in [0.1, 0.15) is 24.1 Å². The van der Waals surface area contributed by atoms with Crippen LogP contribution in [0.4, 0.5) is 13.2 Å². The maximum absolute atomic E-state index is 12.6. The van der Waals surface area contributed by atoms with Gasteiger partial charge in [0.25, 0.3) is 0 Å². The first-order valence-corrected chi connectivity index (χ1v) is 7.90. The number of rotatable bonds is 3. The van der Waals surface area contributed by atoms with Crippen LogP contribution >= 0.6 is 0 Å². The summed E-state index contributed by atoms with van der Waals surface area (Å²) < 4.78 is 43.1. The van der Waals surface area contributed by atoms with Crippen molar-refractivity contribution in [2.24, 2.45) is 0 Å². The van der Waals surface area contributed by atoms with Crippen molar-refractivity contribution in [2.45, 2.75) is 19.1 Å². The standard InChI is InChI=1S/C18H19F3N2O/c1-13(23-8-10-24-11-9-23)14-2-4-15(5-3-14)17-7-6-16(12-22-17)18(19,20)21/h2-7,12-13H,8-11H2,1H3/t13-/m1/s1. The quantitative estimate of drug-likeness (QED) is 0.841. The number of benzene rings is 1. The number of pyridine rings is 1. The van der Waals surface area contributed by atoms with E-state index in [1.807, 2.05) is 24.3 Å². The molecule has 24 heavy (non-hydrogen) atoms. The van der Waals surface area contributed by atoms with Gasteiger partial charge in [0, 0.05) is 30.9 Å². The topological polar surface area (TPSA) is 25.4 Å². The Morgan fingerprint density at radius 1 is 1.04 bits per heavy atom.